The summed E-state index contributed by atoms with van der Waals surface area (Å²) in [6.45, 7) is 8.56. The molecule has 1 saturated heterocycles. The Kier molecular flexibility index (Phi) is 9.76. The van der Waals surface area contributed by atoms with Crippen molar-refractivity contribution in [3.05, 3.63) is 82.3 Å². The molecule has 5 rings (SSSR count). The molecule has 2 aromatic heterocycles. The molecule has 4 aromatic rings. The van der Waals surface area contributed by atoms with E-state index in [9.17, 15) is 13.6 Å². The van der Waals surface area contributed by atoms with Crippen molar-refractivity contribution >= 4 is 28.4 Å². The number of hydrogen-bond acceptors (Lipinski definition) is 8. The number of nitrogens with two attached hydrogens (primary N) is 1. The van der Waals surface area contributed by atoms with Gasteiger partial charge in [0, 0.05) is 42.4 Å². The quantitative estimate of drug-likeness (QED) is 0.231. The van der Waals surface area contributed by atoms with Gasteiger partial charge in [0.2, 0.25) is 5.91 Å². The van der Waals surface area contributed by atoms with Crippen LogP contribution >= 0.6 is 11.6 Å². The predicted molar refractivity (Wildman–Crippen MR) is 161 cm³/mol. The van der Waals surface area contributed by atoms with Gasteiger partial charge in [-0.15, -0.1) is 0 Å². The summed E-state index contributed by atoms with van der Waals surface area (Å²) in [5, 5.41) is 5.03. The fraction of sp³-hybridized carbons (Fsp3) is 0.387. The number of halogens is 3. The number of amides is 1. The van der Waals surface area contributed by atoms with Crippen LogP contribution in [0.4, 0.5) is 8.78 Å². The van der Waals surface area contributed by atoms with Crippen LogP contribution in [0.1, 0.15) is 43.6 Å². The molecule has 1 fully saturated rings. The highest BCUT2D eigenvalue weighted by atomic mass is 35.5. The van der Waals surface area contributed by atoms with Crippen LogP contribution in [0.5, 0.6) is 5.75 Å². The van der Waals surface area contributed by atoms with E-state index < -0.39 is 36.2 Å². The summed E-state index contributed by atoms with van der Waals surface area (Å²) in [6, 6.07) is 9.52. The van der Waals surface area contributed by atoms with Crippen LogP contribution in [0, 0.1) is 18.6 Å². The summed E-state index contributed by atoms with van der Waals surface area (Å²) in [7, 11) is 0. The van der Waals surface area contributed by atoms with E-state index >= 15 is 0 Å². The fourth-order valence-corrected chi connectivity index (χ4v) is 5.91. The molecule has 1 aliphatic rings. The van der Waals surface area contributed by atoms with Crippen molar-refractivity contribution in [2.24, 2.45) is 5.73 Å². The van der Waals surface area contributed by atoms with Crippen molar-refractivity contribution in [3.8, 4) is 11.4 Å². The predicted octanol–water partition coefficient (Wildman–Crippen LogP) is 5.09. The highest BCUT2D eigenvalue weighted by Gasteiger charge is 2.44. The summed E-state index contributed by atoms with van der Waals surface area (Å²) >= 11 is 6.65. The molecule has 44 heavy (non-hydrogen) atoms. The molecule has 234 valence electrons. The van der Waals surface area contributed by atoms with Gasteiger partial charge in [0.1, 0.15) is 29.9 Å². The van der Waals surface area contributed by atoms with Crippen molar-refractivity contribution in [2.45, 2.75) is 52.9 Å². The van der Waals surface area contributed by atoms with Gasteiger partial charge in [0.25, 0.3) is 0 Å². The molecule has 0 spiro atoms. The smallest absolute Gasteiger partial charge is 0.231 e. The lowest BCUT2D eigenvalue weighted by atomic mass is 10.00. The number of nitrogens with zero attached hydrogens (tertiary/aromatic N) is 5. The first-order valence-corrected chi connectivity index (χ1v) is 14.7. The molecule has 0 unspecified atom stereocenters. The molecular formula is C31H35ClF2N6O4. The number of para-hydroxylation sites is 1. The second-order valence-electron chi connectivity index (χ2n) is 10.5. The lowest BCUT2D eigenvalue weighted by Crippen LogP contribution is -2.47. The van der Waals surface area contributed by atoms with Gasteiger partial charge in [-0.05, 0) is 57.5 Å². The van der Waals surface area contributed by atoms with E-state index in [1.807, 2.05) is 50.8 Å². The van der Waals surface area contributed by atoms with Gasteiger partial charge in [0.05, 0.1) is 29.6 Å². The third-order valence-electron chi connectivity index (χ3n) is 7.54. The molecular weight excluding hydrogens is 594 g/mol. The third kappa shape index (κ3) is 6.54. The highest BCUT2D eigenvalue weighted by Crippen LogP contribution is 2.37. The van der Waals surface area contributed by atoms with E-state index in [4.69, 9.17) is 36.5 Å². The average molecular weight is 629 g/mol. The Bertz CT molecular complexity index is 1650. The number of benzene rings is 2. The Morgan fingerprint density at radius 3 is 2.61 bits per heavy atom. The lowest BCUT2D eigenvalue weighted by molar-refractivity contribution is -0.155. The van der Waals surface area contributed by atoms with Gasteiger partial charge in [-0.3, -0.25) is 9.69 Å². The molecule has 13 heteroatoms. The SMILES string of the molecule is CCO[C@@H]1N(CC(N)=O)[C@@H](OCC)CN1[C@@H](C)c1cc(F)cc(Cl)c1COc1cccc2c(-n3cc(F)cn3)cc(C)nc12. The first-order chi connectivity index (χ1) is 21.1. The van der Waals surface area contributed by atoms with Crippen molar-refractivity contribution in [1.82, 2.24) is 24.6 Å². The summed E-state index contributed by atoms with van der Waals surface area (Å²) in [5.41, 5.74) is 8.62. The Morgan fingerprint density at radius 2 is 1.93 bits per heavy atom. The second-order valence-corrected chi connectivity index (χ2v) is 10.9. The molecule has 0 saturated carbocycles. The summed E-state index contributed by atoms with van der Waals surface area (Å²) < 4.78 is 48.4. The number of aromatic nitrogens is 3. The monoisotopic (exact) mass is 628 g/mol. The zero-order chi connectivity index (χ0) is 31.5. The van der Waals surface area contributed by atoms with Crippen LogP contribution < -0.4 is 10.5 Å². The number of carbonyl (C=O) groups is 1. The Hall–Kier alpha value is -3.68. The van der Waals surface area contributed by atoms with E-state index in [0.717, 1.165) is 6.20 Å². The molecule has 3 heterocycles. The fourth-order valence-electron chi connectivity index (χ4n) is 5.64. The zero-order valence-electron chi connectivity index (χ0n) is 25.0. The third-order valence-corrected chi connectivity index (χ3v) is 7.88. The van der Waals surface area contributed by atoms with Gasteiger partial charge < -0.3 is 19.9 Å². The molecule has 0 radical (unpaired) electrons. The summed E-state index contributed by atoms with van der Waals surface area (Å²) in [4.78, 5) is 20.4. The first kappa shape index (κ1) is 31.7. The van der Waals surface area contributed by atoms with Gasteiger partial charge in [-0.1, -0.05) is 23.7 Å². The minimum Gasteiger partial charge on any atom is -0.487 e. The average Bonchev–Trinajstić information content (AvgIpc) is 3.55. The number of rotatable bonds is 12. The summed E-state index contributed by atoms with van der Waals surface area (Å²) in [5.74, 6) is -1.00. The van der Waals surface area contributed by atoms with Crippen molar-refractivity contribution in [2.75, 3.05) is 26.3 Å². The topological polar surface area (TPSA) is 108 Å². The van der Waals surface area contributed by atoms with Gasteiger partial charge in [-0.25, -0.2) is 23.3 Å². The Morgan fingerprint density at radius 1 is 1.16 bits per heavy atom. The molecule has 0 aliphatic carbocycles. The van der Waals surface area contributed by atoms with Crippen molar-refractivity contribution in [3.63, 3.8) is 0 Å². The first-order valence-electron chi connectivity index (χ1n) is 14.4. The normalized spacial score (nSPS) is 18.2. The van der Waals surface area contributed by atoms with Crippen LogP contribution in [0.3, 0.4) is 0 Å². The van der Waals surface area contributed by atoms with Gasteiger partial charge >= 0.3 is 0 Å². The Labute approximate surface area is 259 Å². The lowest BCUT2D eigenvalue weighted by Gasteiger charge is -2.34. The van der Waals surface area contributed by atoms with Crippen molar-refractivity contribution in [1.29, 1.82) is 0 Å². The maximum absolute atomic E-state index is 14.9. The molecule has 1 amide bonds. The highest BCUT2D eigenvalue weighted by molar-refractivity contribution is 6.31. The van der Waals surface area contributed by atoms with Crippen LogP contribution in [0.2, 0.25) is 5.02 Å². The molecule has 0 bridgehead atoms. The maximum atomic E-state index is 14.9. The van der Waals surface area contributed by atoms with E-state index in [1.165, 1.54) is 23.0 Å². The number of aryl methyl sites for hydroxylation is 1. The largest absolute Gasteiger partial charge is 0.487 e. The van der Waals surface area contributed by atoms with Gasteiger partial charge in [-0.2, -0.15) is 5.10 Å². The number of hydrogen-bond donors (Lipinski definition) is 1. The number of pyridine rings is 1. The maximum Gasteiger partial charge on any atom is 0.231 e. The molecule has 1 aliphatic heterocycles. The van der Waals surface area contributed by atoms with E-state index in [2.05, 4.69) is 5.10 Å². The van der Waals surface area contributed by atoms with Crippen molar-refractivity contribution < 1.29 is 27.8 Å². The Balaban J connectivity index is 1.49. The van der Waals surface area contributed by atoms with E-state index in [1.54, 1.807) is 11.0 Å². The number of primary amides is 1. The molecule has 10 nitrogen and oxygen atoms in total. The number of ether oxygens (including phenoxy) is 3. The van der Waals surface area contributed by atoms with Crippen LogP contribution in [0.25, 0.3) is 16.6 Å². The summed E-state index contributed by atoms with van der Waals surface area (Å²) in [6.07, 6.45) is 1.33. The van der Waals surface area contributed by atoms with E-state index in [0.29, 0.717) is 58.9 Å². The minimum absolute atomic E-state index is 0.00623. The van der Waals surface area contributed by atoms with E-state index in [-0.39, 0.29) is 18.2 Å². The zero-order valence-corrected chi connectivity index (χ0v) is 25.7. The minimum atomic E-state index is -0.648. The van der Waals surface area contributed by atoms with Gasteiger partial charge in [0.15, 0.2) is 12.2 Å². The van der Waals surface area contributed by atoms with Crippen LogP contribution in [0.15, 0.2) is 48.8 Å². The second kappa shape index (κ2) is 13.5. The van der Waals surface area contributed by atoms with Crippen LogP contribution in [-0.4, -0.2) is 69.4 Å². The van der Waals surface area contributed by atoms with Crippen LogP contribution in [-0.2, 0) is 20.9 Å². The standard InChI is InChI=1S/C31H35ClF2N6O4/c1-5-42-29-16-38(31(43-6-2)39(29)15-28(35)41)19(4)23-11-20(33)12-25(32)24(23)17-44-27-9-7-8-22-26(10-18(3)37-30(22)27)40-14-21(34)13-36-40/h7-14,19,29,31H,5-6,15-17H2,1-4H3,(H2,35,41)/t19-,29-,31-/m0/s1. The molecule has 2 N–H and O–H groups in total. The number of carbonyl (C=O) groups excluding carboxylic acids is 1. The molecule has 2 aromatic carbocycles. The number of fused-ring (bicyclic) bond motifs is 1. The molecule has 3 atom stereocenters.